The third kappa shape index (κ3) is 3.97. The SMILES string of the molecule is Cc1ccc(Cl)cc1C(NN)c1ccc(OC(C)C)cc1. The molecular formula is C17H21ClN2O. The molecule has 112 valence electrons. The van der Waals surface area contributed by atoms with E-state index in [-0.39, 0.29) is 12.1 Å². The number of nitrogens with two attached hydrogens (primary N) is 1. The highest BCUT2D eigenvalue weighted by molar-refractivity contribution is 6.30. The zero-order valence-electron chi connectivity index (χ0n) is 12.6. The Morgan fingerprint density at radius 2 is 1.76 bits per heavy atom. The van der Waals surface area contributed by atoms with E-state index in [1.54, 1.807) is 0 Å². The molecule has 0 aliphatic carbocycles. The number of nitrogens with one attached hydrogen (secondary N) is 1. The van der Waals surface area contributed by atoms with Crippen molar-refractivity contribution in [2.75, 3.05) is 0 Å². The molecule has 3 N–H and O–H groups in total. The molecule has 0 bridgehead atoms. The van der Waals surface area contributed by atoms with Crippen LogP contribution >= 0.6 is 11.6 Å². The Labute approximate surface area is 131 Å². The van der Waals surface area contributed by atoms with Crippen LogP contribution in [0.4, 0.5) is 0 Å². The van der Waals surface area contributed by atoms with Gasteiger partial charge in [-0.15, -0.1) is 0 Å². The quantitative estimate of drug-likeness (QED) is 0.648. The average Bonchev–Trinajstić information content (AvgIpc) is 2.44. The fourth-order valence-electron chi connectivity index (χ4n) is 2.30. The van der Waals surface area contributed by atoms with Crippen LogP contribution in [0.5, 0.6) is 5.75 Å². The summed E-state index contributed by atoms with van der Waals surface area (Å²) in [5.41, 5.74) is 6.15. The van der Waals surface area contributed by atoms with E-state index < -0.39 is 0 Å². The van der Waals surface area contributed by atoms with E-state index in [0.717, 1.165) is 22.4 Å². The maximum Gasteiger partial charge on any atom is 0.119 e. The first-order valence-electron chi connectivity index (χ1n) is 7.00. The van der Waals surface area contributed by atoms with Crippen molar-refractivity contribution in [2.45, 2.75) is 32.9 Å². The van der Waals surface area contributed by atoms with Gasteiger partial charge in [-0.1, -0.05) is 29.8 Å². The zero-order chi connectivity index (χ0) is 15.4. The Morgan fingerprint density at radius 3 is 2.33 bits per heavy atom. The molecule has 3 nitrogen and oxygen atoms in total. The number of aryl methyl sites for hydroxylation is 1. The minimum absolute atomic E-state index is 0.100. The number of hydrogen-bond donors (Lipinski definition) is 2. The molecule has 0 heterocycles. The number of halogens is 1. The van der Waals surface area contributed by atoms with Gasteiger partial charge in [0.1, 0.15) is 5.75 Å². The van der Waals surface area contributed by atoms with Gasteiger partial charge in [0.15, 0.2) is 0 Å². The lowest BCUT2D eigenvalue weighted by atomic mass is 9.95. The lowest BCUT2D eigenvalue weighted by Gasteiger charge is -2.20. The van der Waals surface area contributed by atoms with Crippen LogP contribution in [0.2, 0.25) is 5.02 Å². The van der Waals surface area contributed by atoms with Gasteiger partial charge in [-0.3, -0.25) is 5.84 Å². The van der Waals surface area contributed by atoms with Gasteiger partial charge >= 0.3 is 0 Å². The highest BCUT2D eigenvalue weighted by atomic mass is 35.5. The van der Waals surface area contributed by atoms with Crippen molar-refractivity contribution >= 4 is 11.6 Å². The summed E-state index contributed by atoms with van der Waals surface area (Å²) >= 11 is 6.10. The lowest BCUT2D eigenvalue weighted by molar-refractivity contribution is 0.242. The Balaban J connectivity index is 2.31. The van der Waals surface area contributed by atoms with Crippen LogP contribution < -0.4 is 16.0 Å². The van der Waals surface area contributed by atoms with Crippen LogP contribution in [-0.4, -0.2) is 6.10 Å². The van der Waals surface area contributed by atoms with Crippen molar-refractivity contribution in [3.05, 3.63) is 64.2 Å². The van der Waals surface area contributed by atoms with Crippen LogP contribution in [0.15, 0.2) is 42.5 Å². The van der Waals surface area contributed by atoms with Gasteiger partial charge < -0.3 is 4.74 Å². The molecule has 0 radical (unpaired) electrons. The monoisotopic (exact) mass is 304 g/mol. The van der Waals surface area contributed by atoms with Crippen molar-refractivity contribution in [3.8, 4) is 5.75 Å². The van der Waals surface area contributed by atoms with Gasteiger partial charge in [-0.05, 0) is 61.7 Å². The first kappa shape index (κ1) is 15.8. The van der Waals surface area contributed by atoms with Gasteiger partial charge in [0, 0.05) is 5.02 Å². The molecule has 0 aliphatic rings. The number of benzene rings is 2. The van der Waals surface area contributed by atoms with E-state index in [1.807, 2.05) is 63.2 Å². The molecule has 0 fully saturated rings. The summed E-state index contributed by atoms with van der Waals surface area (Å²) in [6, 6.07) is 13.7. The van der Waals surface area contributed by atoms with Crippen molar-refractivity contribution < 1.29 is 4.74 Å². The second kappa shape index (κ2) is 6.94. The van der Waals surface area contributed by atoms with Crippen molar-refractivity contribution in [3.63, 3.8) is 0 Å². The Morgan fingerprint density at radius 1 is 1.10 bits per heavy atom. The van der Waals surface area contributed by atoms with Crippen molar-refractivity contribution in [1.29, 1.82) is 0 Å². The zero-order valence-corrected chi connectivity index (χ0v) is 13.3. The largest absolute Gasteiger partial charge is 0.491 e. The summed E-state index contributed by atoms with van der Waals surface area (Å²) in [6.45, 7) is 6.06. The normalized spacial score (nSPS) is 12.5. The maximum absolute atomic E-state index is 6.10. The molecule has 2 aromatic rings. The van der Waals surface area contributed by atoms with Crippen LogP contribution in [0, 0.1) is 6.92 Å². The van der Waals surface area contributed by atoms with Crippen molar-refractivity contribution in [2.24, 2.45) is 5.84 Å². The van der Waals surface area contributed by atoms with E-state index in [2.05, 4.69) is 5.43 Å². The van der Waals surface area contributed by atoms with Crippen molar-refractivity contribution in [1.82, 2.24) is 5.43 Å². The molecule has 2 rings (SSSR count). The molecule has 0 saturated carbocycles. The Hall–Kier alpha value is -1.55. The van der Waals surface area contributed by atoms with Gasteiger partial charge in [-0.2, -0.15) is 0 Å². The van der Waals surface area contributed by atoms with E-state index in [1.165, 1.54) is 0 Å². The number of rotatable bonds is 5. The second-order valence-electron chi connectivity index (χ2n) is 5.34. The summed E-state index contributed by atoms with van der Waals surface area (Å²) in [7, 11) is 0. The molecule has 0 spiro atoms. The van der Waals surface area contributed by atoms with Gasteiger partial charge in [0.05, 0.1) is 12.1 Å². The molecule has 0 aliphatic heterocycles. The lowest BCUT2D eigenvalue weighted by Crippen LogP contribution is -2.29. The van der Waals surface area contributed by atoms with E-state index >= 15 is 0 Å². The Bertz CT molecular complexity index is 596. The summed E-state index contributed by atoms with van der Waals surface area (Å²) in [5, 5.41) is 0.704. The van der Waals surface area contributed by atoms with Gasteiger partial charge in [0.2, 0.25) is 0 Å². The average molecular weight is 305 g/mol. The summed E-state index contributed by atoms with van der Waals surface area (Å²) in [6.07, 6.45) is 0.162. The maximum atomic E-state index is 6.10. The highest BCUT2D eigenvalue weighted by Gasteiger charge is 2.15. The summed E-state index contributed by atoms with van der Waals surface area (Å²) in [4.78, 5) is 0. The topological polar surface area (TPSA) is 47.3 Å². The molecule has 0 amide bonds. The minimum Gasteiger partial charge on any atom is -0.491 e. The molecule has 4 heteroatoms. The number of hydrogen-bond acceptors (Lipinski definition) is 3. The predicted octanol–water partition coefficient (Wildman–Crippen LogP) is 3.99. The predicted molar refractivity (Wildman–Crippen MR) is 87.6 cm³/mol. The molecule has 1 unspecified atom stereocenters. The summed E-state index contributed by atoms with van der Waals surface area (Å²) in [5.74, 6) is 6.60. The van der Waals surface area contributed by atoms with Crippen LogP contribution in [0.25, 0.3) is 0 Å². The van der Waals surface area contributed by atoms with Crippen LogP contribution in [0.1, 0.15) is 36.6 Å². The number of ether oxygens (including phenoxy) is 1. The second-order valence-corrected chi connectivity index (χ2v) is 5.77. The third-order valence-corrected chi connectivity index (χ3v) is 3.54. The van der Waals surface area contributed by atoms with Gasteiger partial charge in [0.25, 0.3) is 0 Å². The molecular weight excluding hydrogens is 284 g/mol. The van der Waals surface area contributed by atoms with Crippen LogP contribution in [-0.2, 0) is 0 Å². The molecule has 0 saturated heterocycles. The first-order valence-corrected chi connectivity index (χ1v) is 7.38. The fourth-order valence-corrected chi connectivity index (χ4v) is 2.48. The van der Waals surface area contributed by atoms with E-state index in [4.69, 9.17) is 22.2 Å². The first-order chi connectivity index (χ1) is 10.0. The Kier molecular flexibility index (Phi) is 5.23. The molecule has 0 aromatic heterocycles. The molecule has 21 heavy (non-hydrogen) atoms. The minimum atomic E-state index is -0.100. The van der Waals surface area contributed by atoms with E-state index in [0.29, 0.717) is 5.02 Å². The standard InChI is InChI=1S/C17H21ClN2O/c1-11(2)21-15-8-5-13(6-9-15)17(20-19)16-10-14(18)7-4-12(16)3/h4-11,17,20H,19H2,1-3H3. The van der Waals surface area contributed by atoms with Gasteiger partial charge in [-0.25, -0.2) is 5.43 Å². The number of hydrazine groups is 1. The fraction of sp³-hybridized carbons (Fsp3) is 0.294. The summed E-state index contributed by atoms with van der Waals surface area (Å²) < 4.78 is 5.66. The van der Waals surface area contributed by atoms with Crippen LogP contribution in [0.3, 0.4) is 0 Å². The smallest absolute Gasteiger partial charge is 0.119 e. The highest BCUT2D eigenvalue weighted by Crippen LogP contribution is 2.28. The molecule has 1 atom stereocenters. The molecule has 2 aromatic carbocycles. The third-order valence-electron chi connectivity index (χ3n) is 3.30. The van der Waals surface area contributed by atoms with E-state index in [9.17, 15) is 0 Å².